The van der Waals surface area contributed by atoms with Crippen molar-refractivity contribution >= 4 is 34.6 Å². The van der Waals surface area contributed by atoms with Crippen LogP contribution in [-0.4, -0.2) is 22.0 Å². The van der Waals surface area contributed by atoms with Crippen LogP contribution in [0, 0.1) is 0 Å². The molecule has 0 aromatic heterocycles. The van der Waals surface area contributed by atoms with Crippen molar-refractivity contribution in [2.75, 3.05) is 22.1 Å². The van der Waals surface area contributed by atoms with E-state index in [0.29, 0.717) is 22.5 Å². The van der Waals surface area contributed by atoms with Gasteiger partial charge in [-0.05, 0) is 71.8 Å². The largest absolute Gasteiger partial charge is 0.506 e. The van der Waals surface area contributed by atoms with Gasteiger partial charge in [0.1, 0.15) is 11.5 Å². The second kappa shape index (κ2) is 9.94. The number of amides is 2. The SMILES string of the molecule is CC(C)(c1ccc(O)c(NC(=O)c2cccc(N)c2)c1)c1ccc(O)c(NC(=O)c2cccc(N)c2)c1. The average molecular weight is 497 g/mol. The molecule has 2 amide bonds. The summed E-state index contributed by atoms with van der Waals surface area (Å²) in [6.07, 6.45) is 0. The molecule has 0 saturated carbocycles. The Morgan fingerprint density at radius 1 is 0.649 bits per heavy atom. The van der Waals surface area contributed by atoms with Gasteiger partial charge in [-0.1, -0.05) is 38.1 Å². The van der Waals surface area contributed by atoms with Gasteiger partial charge in [0.2, 0.25) is 0 Å². The highest BCUT2D eigenvalue weighted by molar-refractivity contribution is 6.06. The third-order valence-electron chi connectivity index (χ3n) is 6.23. The van der Waals surface area contributed by atoms with Crippen LogP contribution in [0.5, 0.6) is 11.5 Å². The molecule has 8 nitrogen and oxygen atoms in total. The first-order chi connectivity index (χ1) is 17.5. The van der Waals surface area contributed by atoms with Gasteiger partial charge in [-0.15, -0.1) is 0 Å². The number of carbonyl (C=O) groups is 2. The molecule has 0 unspecified atom stereocenters. The van der Waals surface area contributed by atoms with E-state index in [1.165, 1.54) is 12.1 Å². The Kier molecular flexibility index (Phi) is 6.75. The zero-order chi connectivity index (χ0) is 26.7. The Morgan fingerprint density at radius 3 is 1.43 bits per heavy atom. The molecule has 0 saturated heterocycles. The maximum atomic E-state index is 12.7. The first-order valence-corrected chi connectivity index (χ1v) is 11.6. The summed E-state index contributed by atoms with van der Waals surface area (Å²) in [5.41, 5.74) is 14.6. The van der Waals surface area contributed by atoms with E-state index in [-0.39, 0.29) is 22.9 Å². The molecule has 0 aliphatic heterocycles. The van der Waals surface area contributed by atoms with Crippen LogP contribution in [0.1, 0.15) is 45.7 Å². The third-order valence-corrected chi connectivity index (χ3v) is 6.23. The lowest BCUT2D eigenvalue weighted by atomic mass is 9.77. The lowest BCUT2D eigenvalue weighted by Crippen LogP contribution is -2.20. The van der Waals surface area contributed by atoms with Crippen LogP contribution in [0.15, 0.2) is 84.9 Å². The summed E-state index contributed by atoms with van der Waals surface area (Å²) < 4.78 is 0. The molecule has 8 N–H and O–H groups in total. The molecule has 0 radical (unpaired) electrons. The minimum atomic E-state index is -0.630. The van der Waals surface area contributed by atoms with Crippen LogP contribution < -0.4 is 22.1 Å². The van der Waals surface area contributed by atoms with Gasteiger partial charge in [0.15, 0.2) is 0 Å². The average Bonchev–Trinajstić information content (AvgIpc) is 2.86. The second-order valence-corrected chi connectivity index (χ2v) is 9.25. The molecule has 4 rings (SSSR count). The number of phenols is 2. The number of nitrogen functional groups attached to an aromatic ring is 2. The number of hydrogen-bond donors (Lipinski definition) is 6. The van der Waals surface area contributed by atoms with Crippen molar-refractivity contribution in [3.63, 3.8) is 0 Å². The molecule has 37 heavy (non-hydrogen) atoms. The van der Waals surface area contributed by atoms with E-state index in [9.17, 15) is 19.8 Å². The number of aromatic hydroxyl groups is 2. The molecule has 0 aliphatic carbocycles. The van der Waals surface area contributed by atoms with Crippen LogP contribution >= 0.6 is 0 Å². The Hall–Kier alpha value is -4.98. The van der Waals surface area contributed by atoms with Crippen molar-refractivity contribution in [1.82, 2.24) is 0 Å². The van der Waals surface area contributed by atoms with Crippen molar-refractivity contribution in [3.05, 3.63) is 107 Å². The maximum absolute atomic E-state index is 12.7. The van der Waals surface area contributed by atoms with Gasteiger partial charge < -0.3 is 32.3 Å². The van der Waals surface area contributed by atoms with Crippen molar-refractivity contribution < 1.29 is 19.8 Å². The van der Waals surface area contributed by atoms with E-state index in [4.69, 9.17) is 11.5 Å². The van der Waals surface area contributed by atoms with Crippen LogP contribution in [0.2, 0.25) is 0 Å². The molecule has 8 heteroatoms. The highest BCUT2D eigenvalue weighted by atomic mass is 16.3. The summed E-state index contributed by atoms with van der Waals surface area (Å²) in [5, 5.41) is 26.3. The maximum Gasteiger partial charge on any atom is 0.255 e. The van der Waals surface area contributed by atoms with Crippen LogP contribution in [0.25, 0.3) is 0 Å². The van der Waals surface area contributed by atoms with Gasteiger partial charge >= 0.3 is 0 Å². The van der Waals surface area contributed by atoms with Crippen LogP contribution in [-0.2, 0) is 5.41 Å². The summed E-state index contributed by atoms with van der Waals surface area (Å²) in [6, 6.07) is 23.0. The van der Waals surface area contributed by atoms with E-state index in [1.54, 1.807) is 72.8 Å². The quantitative estimate of drug-likeness (QED) is 0.162. The lowest BCUT2D eigenvalue weighted by Gasteiger charge is -2.27. The highest BCUT2D eigenvalue weighted by Crippen LogP contribution is 2.38. The van der Waals surface area contributed by atoms with E-state index in [1.807, 2.05) is 13.8 Å². The summed E-state index contributed by atoms with van der Waals surface area (Å²) in [5.74, 6) is -0.988. The number of hydrogen-bond acceptors (Lipinski definition) is 6. The zero-order valence-corrected chi connectivity index (χ0v) is 20.4. The minimum absolute atomic E-state index is 0.0856. The lowest BCUT2D eigenvalue weighted by molar-refractivity contribution is 0.101. The summed E-state index contributed by atoms with van der Waals surface area (Å²) in [7, 11) is 0. The Bertz CT molecular complexity index is 1390. The van der Waals surface area contributed by atoms with E-state index < -0.39 is 17.2 Å². The van der Waals surface area contributed by atoms with Crippen LogP contribution in [0.4, 0.5) is 22.7 Å². The summed E-state index contributed by atoms with van der Waals surface area (Å²) >= 11 is 0. The second-order valence-electron chi connectivity index (χ2n) is 9.25. The molecule has 4 aromatic carbocycles. The first kappa shape index (κ1) is 25.1. The topological polar surface area (TPSA) is 151 Å². The van der Waals surface area contributed by atoms with Crippen molar-refractivity contribution in [2.45, 2.75) is 19.3 Å². The predicted molar refractivity (Wildman–Crippen MR) is 146 cm³/mol. The number of phenolic OH excluding ortho intramolecular Hbond substituents is 2. The number of rotatable bonds is 6. The molecule has 0 fully saturated rings. The molecule has 4 aromatic rings. The molecule has 188 valence electrons. The Balaban J connectivity index is 1.61. The molecule has 0 spiro atoms. The molecule has 0 atom stereocenters. The standard InChI is InChI=1S/C29H28N4O4/c1-29(2,19-9-11-25(34)23(15-19)32-27(36)17-5-3-7-21(30)13-17)20-10-12-26(35)24(16-20)33-28(37)18-6-4-8-22(31)14-18/h3-16,34-35H,30-31H2,1-2H3,(H,32,36)(H,33,37). The number of nitrogens with two attached hydrogens (primary N) is 2. The Labute approximate surface area is 214 Å². The fourth-order valence-corrected chi connectivity index (χ4v) is 3.97. The van der Waals surface area contributed by atoms with E-state index in [0.717, 1.165) is 11.1 Å². The number of nitrogens with one attached hydrogen (secondary N) is 2. The molecular weight excluding hydrogens is 468 g/mol. The van der Waals surface area contributed by atoms with Crippen molar-refractivity contribution in [2.24, 2.45) is 0 Å². The van der Waals surface area contributed by atoms with Gasteiger partial charge in [-0.2, -0.15) is 0 Å². The predicted octanol–water partition coefficient (Wildman–Crippen LogP) is 5.09. The Morgan fingerprint density at radius 2 is 1.05 bits per heavy atom. The number of anilines is 4. The molecule has 0 aliphatic rings. The van der Waals surface area contributed by atoms with Gasteiger partial charge in [0.25, 0.3) is 11.8 Å². The molecular formula is C29H28N4O4. The van der Waals surface area contributed by atoms with Crippen molar-refractivity contribution in [3.8, 4) is 11.5 Å². The smallest absolute Gasteiger partial charge is 0.255 e. The number of benzene rings is 4. The number of carbonyl (C=O) groups excluding carboxylic acids is 2. The van der Waals surface area contributed by atoms with Gasteiger partial charge in [0.05, 0.1) is 11.4 Å². The third kappa shape index (κ3) is 5.48. The fraction of sp³-hybridized carbons (Fsp3) is 0.103. The monoisotopic (exact) mass is 496 g/mol. The zero-order valence-electron chi connectivity index (χ0n) is 20.4. The fourth-order valence-electron chi connectivity index (χ4n) is 3.97. The van der Waals surface area contributed by atoms with Gasteiger partial charge in [-0.3, -0.25) is 9.59 Å². The summed E-state index contributed by atoms with van der Waals surface area (Å²) in [4.78, 5) is 25.4. The van der Waals surface area contributed by atoms with E-state index >= 15 is 0 Å². The minimum Gasteiger partial charge on any atom is -0.506 e. The van der Waals surface area contributed by atoms with Crippen LogP contribution in [0.3, 0.4) is 0 Å². The molecule has 0 heterocycles. The van der Waals surface area contributed by atoms with Crippen molar-refractivity contribution in [1.29, 1.82) is 0 Å². The summed E-state index contributed by atoms with van der Waals surface area (Å²) in [6.45, 7) is 3.91. The van der Waals surface area contributed by atoms with Gasteiger partial charge in [0, 0.05) is 27.9 Å². The van der Waals surface area contributed by atoms with E-state index in [2.05, 4.69) is 10.6 Å². The molecule has 0 bridgehead atoms. The highest BCUT2D eigenvalue weighted by Gasteiger charge is 2.26. The normalized spacial score (nSPS) is 11.1. The first-order valence-electron chi connectivity index (χ1n) is 11.6. The van der Waals surface area contributed by atoms with Gasteiger partial charge in [-0.25, -0.2) is 0 Å².